The van der Waals surface area contributed by atoms with Crippen molar-refractivity contribution in [3.05, 3.63) is 21.4 Å². The van der Waals surface area contributed by atoms with E-state index in [1.807, 2.05) is 11.3 Å². The molecule has 0 bridgehead atoms. The number of rotatable bonds is 5. The van der Waals surface area contributed by atoms with Crippen molar-refractivity contribution in [1.29, 1.82) is 0 Å². The molecule has 2 aliphatic carbocycles. The maximum atomic E-state index is 5.69. The molecule has 1 unspecified atom stereocenters. The molecule has 0 saturated heterocycles. The fourth-order valence-corrected chi connectivity index (χ4v) is 3.99. The van der Waals surface area contributed by atoms with E-state index < -0.39 is 0 Å². The maximum absolute atomic E-state index is 5.69. The standard InChI is InChI=1S/C13H20N2S/c14-15-11(7-6-9-4-5-9)13-8-10-2-1-3-12(10)16-13/h8-9,11,15H,1-7,14H2. The van der Waals surface area contributed by atoms with Crippen LogP contribution in [0.25, 0.3) is 0 Å². The van der Waals surface area contributed by atoms with E-state index in [0.717, 1.165) is 5.92 Å². The number of thiophene rings is 1. The molecule has 1 aromatic heterocycles. The Bertz CT molecular complexity index is 347. The smallest absolute Gasteiger partial charge is 0.0553 e. The van der Waals surface area contributed by atoms with Gasteiger partial charge in [0.25, 0.3) is 0 Å². The van der Waals surface area contributed by atoms with Crippen molar-refractivity contribution in [2.45, 2.75) is 51.0 Å². The summed E-state index contributed by atoms with van der Waals surface area (Å²) in [6, 6.07) is 2.79. The highest BCUT2D eigenvalue weighted by Crippen LogP contribution is 2.38. The SMILES string of the molecule is NNC(CCC1CC1)c1cc2c(s1)CCC2. The summed E-state index contributed by atoms with van der Waals surface area (Å²) in [6.07, 6.45) is 9.37. The Kier molecular flexibility index (Phi) is 3.01. The molecule has 3 heteroatoms. The predicted molar refractivity (Wildman–Crippen MR) is 68.4 cm³/mol. The van der Waals surface area contributed by atoms with E-state index in [9.17, 15) is 0 Å². The van der Waals surface area contributed by atoms with Crippen LogP contribution >= 0.6 is 11.3 Å². The number of fused-ring (bicyclic) bond motifs is 1. The normalized spacial score (nSPS) is 21.1. The molecule has 0 aliphatic heterocycles. The molecule has 1 heterocycles. The topological polar surface area (TPSA) is 38.0 Å². The van der Waals surface area contributed by atoms with Gasteiger partial charge in [0.05, 0.1) is 6.04 Å². The Balaban J connectivity index is 1.67. The van der Waals surface area contributed by atoms with Crippen molar-refractivity contribution >= 4 is 11.3 Å². The highest BCUT2D eigenvalue weighted by Gasteiger charge is 2.24. The molecule has 1 aromatic rings. The van der Waals surface area contributed by atoms with Gasteiger partial charge in [-0.1, -0.05) is 12.8 Å². The van der Waals surface area contributed by atoms with Gasteiger partial charge in [0.1, 0.15) is 0 Å². The fraction of sp³-hybridized carbons (Fsp3) is 0.692. The summed E-state index contributed by atoms with van der Waals surface area (Å²) in [7, 11) is 0. The third kappa shape index (κ3) is 2.17. The summed E-state index contributed by atoms with van der Waals surface area (Å²) in [6.45, 7) is 0. The molecule has 2 nitrogen and oxygen atoms in total. The van der Waals surface area contributed by atoms with Gasteiger partial charge in [-0.25, -0.2) is 0 Å². The van der Waals surface area contributed by atoms with Crippen LogP contribution in [-0.4, -0.2) is 0 Å². The first-order chi connectivity index (χ1) is 7.86. The number of aryl methyl sites for hydroxylation is 2. The highest BCUT2D eigenvalue weighted by molar-refractivity contribution is 7.12. The van der Waals surface area contributed by atoms with E-state index in [4.69, 9.17) is 5.84 Å². The van der Waals surface area contributed by atoms with Gasteiger partial charge in [-0.3, -0.25) is 11.3 Å². The minimum Gasteiger partial charge on any atom is -0.271 e. The molecule has 1 fully saturated rings. The average molecular weight is 236 g/mol. The van der Waals surface area contributed by atoms with Crippen LogP contribution in [-0.2, 0) is 12.8 Å². The van der Waals surface area contributed by atoms with Crippen molar-refractivity contribution < 1.29 is 0 Å². The van der Waals surface area contributed by atoms with Crippen LogP contribution in [0.2, 0.25) is 0 Å². The Labute approximate surface area is 101 Å². The molecule has 3 N–H and O–H groups in total. The number of hydrazine groups is 1. The lowest BCUT2D eigenvalue weighted by molar-refractivity contribution is 0.488. The molecule has 0 aromatic carbocycles. The third-order valence-electron chi connectivity index (χ3n) is 3.87. The zero-order valence-electron chi connectivity index (χ0n) is 9.67. The molecule has 88 valence electrons. The van der Waals surface area contributed by atoms with E-state index in [0.29, 0.717) is 6.04 Å². The van der Waals surface area contributed by atoms with Crippen molar-refractivity contribution in [3.8, 4) is 0 Å². The second kappa shape index (κ2) is 4.47. The lowest BCUT2D eigenvalue weighted by Crippen LogP contribution is -2.27. The molecule has 16 heavy (non-hydrogen) atoms. The number of nitrogens with two attached hydrogens (primary N) is 1. The Morgan fingerprint density at radius 1 is 1.44 bits per heavy atom. The van der Waals surface area contributed by atoms with E-state index >= 15 is 0 Å². The lowest BCUT2D eigenvalue weighted by Gasteiger charge is -2.13. The minimum absolute atomic E-state index is 0.399. The largest absolute Gasteiger partial charge is 0.271 e. The number of hydrogen-bond donors (Lipinski definition) is 2. The van der Waals surface area contributed by atoms with Crippen LogP contribution in [0.3, 0.4) is 0 Å². The molecule has 1 atom stereocenters. The molecule has 0 amide bonds. The first-order valence-electron chi connectivity index (χ1n) is 6.44. The summed E-state index contributed by atoms with van der Waals surface area (Å²) in [4.78, 5) is 3.08. The van der Waals surface area contributed by atoms with Gasteiger partial charge in [-0.15, -0.1) is 11.3 Å². The monoisotopic (exact) mass is 236 g/mol. The van der Waals surface area contributed by atoms with Crippen molar-refractivity contribution in [3.63, 3.8) is 0 Å². The summed E-state index contributed by atoms with van der Waals surface area (Å²) in [5.74, 6) is 6.69. The van der Waals surface area contributed by atoms with Crippen LogP contribution < -0.4 is 11.3 Å². The Hall–Kier alpha value is -0.380. The molecular weight excluding hydrogens is 216 g/mol. The molecule has 0 spiro atoms. The van der Waals surface area contributed by atoms with Crippen LogP contribution in [0.5, 0.6) is 0 Å². The summed E-state index contributed by atoms with van der Waals surface area (Å²) >= 11 is 1.98. The van der Waals surface area contributed by atoms with Gasteiger partial charge in [0.2, 0.25) is 0 Å². The maximum Gasteiger partial charge on any atom is 0.0553 e. The second-order valence-electron chi connectivity index (χ2n) is 5.19. The van der Waals surface area contributed by atoms with Crippen molar-refractivity contribution in [1.82, 2.24) is 5.43 Å². The van der Waals surface area contributed by atoms with Gasteiger partial charge in [-0.2, -0.15) is 0 Å². The molecule has 1 saturated carbocycles. The summed E-state index contributed by atoms with van der Waals surface area (Å²) in [5, 5.41) is 0. The Morgan fingerprint density at radius 3 is 3.00 bits per heavy atom. The number of hydrogen-bond acceptors (Lipinski definition) is 3. The number of nitrogens with one attached hydrogen (secondary N) is 1. The lowest BCUT2D eigenvalue weighted by atomic mass is 10.1. The second-order valence-corrected chi connectivity index (χ2v) is 6.36. The quantitative estimate of drug-likeness (QED) is 0.609. The molecule has 0 radical (unpaired) electrons. The van der Waals surface area contributed by atoms with Crippen LogP contribution in [0.15, 0.2) is 6.07 Å². The summed E-state index contributed by atoms with van der Waals surface area (Å²) < 4.78 is 0. The van der Waals surface area contributed by atoms with Crippen LogP contribution in [0.1, 0.15) is 53.5 Å². The van der Waals surface area contributed by atoms with Crippen molar-refractivity contribution in [2.24, 2.45) is 11.8 Å². The summed E-state index contributed by atoms with van der Waals surface area (Å²) in [5.41, 5.74) is 4.59. The van der Waals surface area contributed by atoms with Gasteiger partial charge in [-0.05, 0) is 49.7 Å². The van der Waals surface area contributed by atoms with E-state index in [1.165, 1.54) is 49.8 Å². The van der Waals surface area contributed by atoms with Gasteiger partial charge in [0.15, 0.2) is 0 Å². The van der Waals surface area contributed by atoms with E-state index in [2.05, 4.69) is 11.5 Å². The predicted octanol–water partition coefficient (Wildman–Crippen LogP) is 2.93. The first kappa shape index (κ1) is 10.8. The minimum atomic E-state index is 0.399. The highest BCUT2D eigenvalue weighted by atomic mass is 32.1. The zero-order valence-corrected chi connectivity index (χ0v) is 10.5. The van der Waals surface area contributed by atoms with E-state index in [1.54, 1.807) is 10.4 Å². The zero-order chi connectivity index (χ0) is 11.0. The average Bonchev–Trinajstić information content (AvgIpc) is 2.85. The van der Waals surface area contributed by atoms with Gasteiger partial charge >= 0.3 is 0 Å². The van der Waals surface area contributed by atoms with Gasteiger partial charge in [0, 0.05) is 9.75 Å². The van der Waals surface area contributed by atoms with Gasteiger partial charge < -0.3 is 0 Å². The third-order valence-corrected chi connectivity index (χ3v) is 5.22. The first-order valence-corrected chi connectivity index (χ1v) is 7.26. The van der Waals surface area contributed by atoms with E-state index in [-0.39, 0.29) is 0 Å². The van der Waals surface area contributed by atoms with Crippen molar-refractivity contribution in [2.75, 3.05) is 0 Å². The molecular formula is C13H20N2S. The Morgan fingerprint density at radius 2 is 2.31 bits per heavy atom. The molecule has 2 aliphatic rings. The van der Waals surface area contributed by atoms with Crippen LogP contribution in [0.4, 0.5) is 0 Å². The fourth-order valence-electron chi connectivity index (χ4n) is 2.64. The molecule has 3 rings (SSSR count). The van der Waals surface area contributed by atoms with Crippen LogP contribution in [0, 0.1) is 5.92 Å².